The van der Waals surface area contributed by atoms with Crippen LogP contribution in [0, 0.1) is 11.8 Å². The molecule has 2 fully saturated rings. The molecule has 1 heterocycles. The number of ether oxygens (including phenoxy) is 1. The smallest absolute Gasteiger partial charge is 0.0507 e. The Morgan fingerprint density at radius 1 is 1.15 bits per heavy atom. The molecule has 3 heteroatoms. The zero-order valence-corrected chi connectivity index (χ0v) is 13.6. The van der Waals surface area contributed by atoms with Crippen LogP contribution in [0.25, 0.3) is 0 Å². The Labute approximate surface area is 125 Å². The lowest BCUT2D eigenvalue weighted by Crippen LogP contribution is -2.57. The minimum absolute atomic E-state index is 0.282. The highest BCUT2D eigenvalue weighted by molar-refractivity contribution is 4.96. The molecule has 1 saturated carbocycles. The van der Waals surface area contributed by atoms with Gasteiger partial charge < -0.3 is 10.5 Å². The summed E-state index contributed by atoms with van der Waals surface area (Å²) in [5, 5.41) is 0. The summed E-state index contributed by atoms with van der Waals surface area (Å²) in [5.41, 5.74) is 6.54. The largest absolute Gasteiger partial charge is 0.381 e. The van der Waals surface area contributed by atoms with Crippen molar-refractivity contribution in [3.63, 3.8) is 0 Å². The molecule has 0 aromatic rings. The third-order valence-electron chi connectivity index (χ3n) is 5.66. The molecule has 0 aromatic heterocycles. The van der Waals surface area contributed by atoms with Crippen LogP contribution < -0.4 is 5.73 Å². The van der Waals surface area contributed by atoms with Crippen molar-refractivity contribution in [2.75, 3.05) is 32.8 Å². The average molecular weight is 282 g/mol. The second-order valence-corrected chi connectivity index (χ2v) is 6.96. The van der Waals surface area contributed by atoms with Crippen molar-refractivity contribution in [2.45, 2.75) is 64.3 Å². The third-order valence-corrected chi connectivity index (χ3v) is 5.66. The topological polar surface area (TPSA) is 38.5 Å². The molecule has 1 atom stereocenters. The van der Waals surface area contributed by atoms with E-state index in [0.717, 1.165) is 31.6 Å². The molecule has 1 saturated heterocycles. The van der Waals surface area contributed by atoms with Gasteiger partial charge in [0.25, 0.3) is 0 Å². The van der Waals surface area contributed by atoms with Gasteiger partial charge in [0, 0.05) is 25.2 Å². The Kier molecular flexibility index (Phi) is 6.31. The van der Waals surface area contributed by atoms with Crippen molar-refractivity contribution >= 4 is 0 Å². The predicted molar refractivity (Wildman–Crippen MR) is 84.8 cm³/mol. The zero-order valence-electron chi connectivity index (χ0n) is 13.6. The molecule has 1 unspecified atom stereocenters. The lowest BCUT2D eigenvalue weighted by atomic mass is 9.74. The van der Waals surface area contributed by atoms with E-state index >= 15 is 0 Å². The summed E-state index contributed by atoms with van der Waals surface area (Å²) in [6.45, 7) is 9.76. The Bertz CT molecular complexity index is 268. The lowest BCUT2D eigenvalue weighted by molar-refractivity contribution is 0.0272. The fourth-order valence-corrected chi connectivity index (χ4v) is 4.10. The van der Waals surface area contributed by atoms with Gasteiger partial charge in [-0.3, -0.25) is 4.90 Å². The summed E-state index contributed by atoms with van der Waals surface area (Å²) in [6.07, 6.45) is 9.14. The molecule has 2 aliphatic rings. The maximum atomic E-state index is 6.26. The fourth-order valence-electron chi connectivity index (χ4n) is 4.10. The standard InChI is InChI=1S/C17H34N2O/c1-3-10-19(12-16-7-11-20-13-16)17(14-18)8-5-15(4-2)6-9-17/h15-16H,3-14,18H2,1-2H3. The molecule has 2 N–H and O–H groups in total. The second-order valence-electron chi connectivity index (χ2n) is 6.96. The highest BCUT2D eigenvalue weighted by Gasteiger charge is 2.39. The summed E-state index contributed by atoms with van der Waals surface area (Å²) in [6, 6.07) is 0. The Morgan fingerprint density at radius 2 is 1.90 bits per heavy atom. The summed E-state index contributed by atoms with van der Waals surface area (Å²) < 4.78 is 5.57. The minimum Gasteiger partial charge on any atom is -0.381 e. The molecule has 1 aliphatic heterocycles. The van der Waals surface area contributed by atoms with Crippen LogP contribution in [0.4, 0.5) is 0 Å². The second kappa shape index (κ2) is 7.77. The van der Waals surface area contributed by atoms with E-state index in [4.69, 9.17) is 10.5 Å². The molecule has 3 nitrogen and oxygen atoms in total. The van der Waals surface area contributed by atoms with Gasteiger partial charge >= 0.3 is 0 Å². The van der Waals surface area contributed by atoms with Gasteiger partial charge in [-0.05, 0) is 56.9 Å². The van der Waals surface area contributed by atoms with E-state index in [2.05, 4.69) is 18.7 Å². The van der Waals surface area contributed by atoms with Crippen molar-refractivity contribution in [3.05, 3.63) is 0 Å². The highest BCUT2D eigenvalue weighted by atomic mass is 16.5. The summed E-state index contributed by atoms with van der Waals surface area (Å²) >= 11 is 0. The van der Waals surface area contributed by atoms with Crippen LogP contribution in [0.15, 0.2) is 0 Å². The van der Waals surface area contributed by atoms with Gasteiger partial charge in [-0.2, -0.15) is 0 Å². The molecular weight excluding hydrogens is 248 g/mol. The first-order valence-corrected chi connectivity index (χ1v) is 8.77. The van der Waals surface area contributed by atoms with E-state index in [0.29, 0.717) is 0 Å². The van der Waals surface area contributed by atoms with Crippen molar-refractivity contribution in [3.8, 4) is 0 Å². The van der Waals surface area contributed by atoms with Crippen molar-refractivity contribution in [1.29, 1.82) is 0 Å². The first-order valence-electron chi connectivity index (χ1n) is 8.77. The molecule has 2 rings (SSSR count). The first kappa shape index (κ1) is 16.3. The van der Waals surface area contributed by atoms with E-state index in [1.807, 2.05) is 0 Å². The molecule has 0 bridgehead atoms. The Morgan fingerprint density at radius 3 is 2.40 bits per heavy atom. The minimum atomic E-state index is 0.282. The normalized spacial score (nSPS) is 34.8. The summed E-state index contributed by atoms with van der Waals surface area (Å²) in [7, 11) is 0. The lowest BCUT2D eigenvalue weighted by Gasteiger charge is -2.48. The van der Waals surface area contributed by atoms with Gasteiger partial charge in [-0.15, -0.1) is 0 Å². The number of hydrogen-bond donors (Lipinski definition) is 1. The Balaban J connectivity index is 2.00. The predicted octanol–water partition coefficient (Wildman–Crippen LogP) is 3.03. The van der Waals surface area contributed by atoms with Crippen LogP contribution in [0.1, 0.15) is 58.8 Å². The van der Waals surface area contributed by atoms with Crippen LogP contribution in [0.3, 0.4) is 0 Å². The number of nitrogens with zero attached hydrogens (tertiary/aromatic N) is 1. The molecule has 0 spiro atoms. The maximum Gasteiger partial charge on any atom is 0.0507 e. The van der Waals surface area contributed by atoms with Crippen molar-refractivity contribution in [1.82, 2.24) is 4.90 Å². The Hall–Kier alpha value is -0.120. The average Bonchev–Trinajstić information content (AvgIpc) is 3.00. The zero-order chi connectivity index (χ0) is 14.4. The van der Waals surface area contributed by atoms with Crippen LogP contribution in [0.5, 0.6) is 0 Å². The van der Waals surface area contributed by atoms with Gasteiger partial charge in [-0.1, -0.05) is 20.3 Å². The SMILES string of the molecule is CCCN(CC1CCOC1)C1(CN)CCC(CC)CC1. The van der Waals surface area contributed by atoms with E-state index in [1.54, 1.807) is 0 Å². The van der Waals surface area contributed by atoms with E-state index < -0.39 is 0 Å². The van der Waals surface area contributed by atoms with Gasteiger partial charge in [0.1, 0.15) is 0 Å². The summed E-state index contributed by atoms with van der Waals surface area (Å²) in [4.78, 5) is 2.73. The molecule has 0 aromatic carbocycles. The third kappa shape index (κ3) is 3.75. The van der Waals surface area contributed by atoms with Crippen LogP contribution in [-0.4, -0.2) is 43.3 Å². The molecule has 0 radical (unpaired) electrons. The molecule has 118 valence electrons. The molecule has 0 amide bonds. The van der Waals surface area contributed by atoms with Gasteiger partial charge in [0.15, 0.2) is 0 Å². The molecule has 20 heavy (non-hydrogen) atoms. The maximum absolute atomic E-state index is 6.26. The van der Waals surface area contributed by atoms with E-state index in [1.165, 1.54) is 58.0 Å². The number of nitrogens with two attached hydrogens (primary N) is 1. The first-order chi connectivity index (χ1) is 9.74. The van der Waals surface area contributed by atoms with Crippen molar-refractivity contribution < 1.29 is 4.74 Å². The van der Waals surface area contributed by atoms with Gasteiger partial charge in [0.2, 0.25) is 0 Å². The van der Waals surface area contributed by atoms with Crippen molar-refractivity contribution in [2.24, 2.45) is 17.6 Å². The number of hydrogen-bond acceptors (Lipinski definition) is 3. The highest BCUT2D eigenvalue weighted by Crippen LogP contribution is 2.38. The molecule has 1 aliphatic carbocycles. The van der Waals surface area contributed by atoms with E-state index in [9.17, 15) is 0 Å². The number of rotatable bonds is 7. The van der Waals surface area contributed by atoms with Crippen LogP contribution in [-0.2, 0) is 4.74 Å². The fraction of sp³-hybridized carbons (Fsp3) is 1.00. The van der Waals surface area contributed by atoms with Crippen LogP contribution in [0.2, 0.25) is 0 Å². The van der Waals surface area contributed by atoms with E-state index in [-0.39, 0.29) is 5.54 Å². The quantitative estimate of drug-likeness (QED) is 0.780. The summed E-state index contributed by atoms with van der Waals surface area (Å²) in [5.74, 6) is 1.67. The van der Waals surface area contributed by atoms with Crippen LogP contribution >= 0.6 is 0 Å². The van der Waals surface area contributed by atoms with Gasteiger partial charge in [0.05, 0.1) is 6.61 Å². The molecular formula is C17H34N2O. The van der Waals surface area contributed by atoms with Gasteiger partial charge in [-0.25, -0.2) is 0 Å². The monoisotopic (exact) mass is 282 g/mol.